The molecule has 1 aromatic heterocycles. The Bertz CT molecular complexity index is 402. The zero-order valence-corrected chi connectivity index (χ0v) is 9.98. The number of hydrogen-bond donors (Lipinski definition) is 0. The Morgan fingerprint density at radius 1 is 1.62 bits per heavy atom. The highest BCUT2D eigenvalue weighted by Crippen LogP contribution is 2.17. The van der Waals surface area contributed by atoms with Crippen molar-refractivity contribution in [2.75, 3.05) is 13.1 Å². The summed E-state index contributed by atoms with van der Waals surface area (Å²) in [4.78, 5) is 2.36. The number of aryl methyl sites for hydroxylation is 2. The van der Waals surface area contributed by atoms with E-state index in [1.165, 1.54) is 5.69 Å². The molecule has 0 aliphatic carbocycles. The van der Waals surface area contributed by atoms with Crippen molar-refractivity contribution in [3.05, 3.63) is 17.5 Å². The van der Waals surface area contributed by atoms with Gasteiger partial charge in [-0.15, -0.1) is 0 Å². The largest absolute Gasteiger partial charge is 0.296 e. The summed E-state index contributed by atoms with van der Waals surface area (Å²) in [6, 6.07) is 4.50. The van der Waals surface area contributed by atoms with E-state index >= 15 is 0 Å². The normalized spacial score (nSPS) is 21.9. The highest BCUT2D eigenvalue weighted by molar-refractivity contribution is 5.08. The molecule has 0 spiro atoms. The van der Waals surface area contributed by atoms with E-state index in [9.17, 15) is 0 Å². The third-order valence-corrected chi connectivity index (χ3v) is 3.17. The second-order valence-electron chi connectivity index (χ2n) is 4.60. The van der Waals surface area contributed by atoms with E-state index in [2.05, 4.69) is 22.1 Å². The maximum absolute atomic E-state index is 8.94. The first-order chi connectivity index (χ1) is 7.69. The first-order valence-corrected chi connectivity index (χ1v) is 5.80. The molecule has 86 valence electrons. The van der Waals surface area contributed by atoms with Crippen molar-refractivity contribution < 1.29 is 0 Å². The Labute approximate surface area is 96.5 Å². The fourth-order valence-electron chi connectivity index (χ4n) is 2.35. The minimum Gasteiger partial charge on any atom is -0.296 e. The summed E-state index contributed by atoms with van der Waals surface area (Å²) in [5.41, 5.74) is 2.29. The van der Waals surface area contributed by atoms with Gasteiger partial charge in [-0.1, -0.05) is 0 Å². The molecular weight excluding hydrogens is 200 g/mol. The summed E-state index contributed by atoms with van der Waals surface area (Å²) in [6.45, 7) is 4.93. The van der Waals surface area contributed by atoms with Crippen molar-refractivity contribution in [2.45, 2.75) is 26.3 Å². The van der Waals surface area contributed by atoms with Crippen LogP contribution in [0, 0.1) is 24.2 Å². The van der Waals surface area contributed by atoms with Crippen molar-refractivity contribution in [3.63, 3.8) is 0 Å². The summed E-state index contributed by atoms with van der Waals surface area (Å²) in [5, 5.41) is 13.3. The number of hydrogen-bond acceptors (Lipinski definition) is 3. The van der Waals surface area contributed by atoms with Crippen LogP contribution in [0.25, 0.3) is 0 Å². The number of aromatic nitrogens is 2. The van der Waals surface area contributed by atoms with Crippen molar-refractivity contribution in [3.8, 4) is 6.07 Å². The lowest BCUT2D eigenvalue weighted by Gasteiger charge is -2.29. The van der Waals surface area contributed by atoms with Crippen LogP contribution in [0.1, 0.15) is 24.2 Å². The summed E-state index contributed by atoms with van der Waals surface area (Å²) in [6.07, 6.45) is 2.19. The highest BCUT2D eigenvalue weighted by Gasteiger charge is 2.20. The van der Waals surface area contributed by atoms with Crippen LogP contribution in [0.4, 0.5) is 0 Å². The zero-order valence-electron chi connectivity index (χ0n) is 9.98. The third-order valence-electron chi connectivity index (χ3n) is 3.17. The van der Waals surface area contributed by atoms with Gasteiger partial charge in [0, 0.05) is 20.1 Å². The van der Waals surface area contributed by atoms with Crippen LogP contribution in [0.3, 0.4) is 0 Å². The predicted octanol–water partition coefficient (Wildman–Crippen LogP) is 1.46. The van der Waals surface area contributed by atoms with Gasteiger partial charge in [0.2, 0.25) is 0 Å². The topological polar surface area (TPSA) is 44.9 Å². The molecule has 0 saturated carbocycles. The van der Waals surface area contributed by atoms with Crippen molar-refractivity contribution in [1.29, 1.82) is 5.26 Å². The molecule has 16 heavy (non-hydrogen) atoms. The van der Waals surface area contributed by atoms with Crippen molar-refractivity contribution in [1.82, 2.24) is 14.7 Å². The SMILES string of the molecule is Cc1cc(CN2CCCC(C#N)C2)n(C)n1. The monoisotopic (exact) mass is 218 g/mol. The fraction of sp³-hybridized carbons (Fsp3) is 0.667. The van der Waals surface area contributed by atoms with Gasteiger partial charge in [0.1, 0.15) is 0 Å². The Balaban J connectivity index is 1.99. The van der Waals surface area contributed by atoms with Crippen LogP contribution < -0.4 is 0 Å². The lowest BCUT2D eigenvalue weighted by Crippen LogP contribution is -2.34. The first kappa shape index (κ1) is 11.2. The second-order valence-corrected chi connectivity index (χ2v) is 4.60. The van der Waals surface area contributed by atoms with Crippen LogP contribution in [0.5, 0.6) is 0 Å². The number of nitrogens with zero attached hydrogens (tertiary/aromatic N) is 4. The van der Waals surface area contributed by atoms with Crippen LogP contribution in [-0.4, -0.2) is 27.8 Å². The minimum absolute atomic E-state index is 0.211. The molecule has 0 bridgehead atoms. The average Bonchev–Trinajstić information content (AvgIpc) is 2.58. The molecule has 1 aromatic rings. The van der Waals surface area contributed by atoms with Gasteiger partial charge in [0.25, 0.3) is 0 Å². The number of piperidine rings is 1. The highest BCUT2D eigenvalue weighted by atomic mass is 15.3. The molecular formula is C12H18N4. The van der Waals surface area contributed by atoms with Crippen LogP contribution in [0.2, 0.25) is 0 Å². The molecule has 1 aliphatic heterocycles. The molecule has 2 rings (SSSR count). The number of rotatable bonds is 2. The van der Waals surface area contributed by atoms with Crippen molar-refractivity contribution >= 4 is 0 Å². The molecule has 1 fully saturated rings. The van der Waals surface area contributed by atoms with Gasteiger partial charge in [0.15, 0.2) is 0 Å². The van der Waals surface area contributed by atoms with E-state index in [0.717, 1.165) is 38.2 Å². The molecule has 0 N–H and O–H groups in total. The molecule has 4 nitrogen and oxygen atoms in total. The van der Waals surface area contributed by atoms with E-state index in [4.69, 9.17) is 5.26 Å². The quantitative estimate of drug-likeness (QED) is 0.755. The van der Waals surface area contributed by atoms with E-state index in [-0.39, 0.29) is 5.92 Å². The summed E-state index contributed by atoms with van der Waals surface area (Å²) < 4.78 is 1.94. The van der Waals surface area contributed by atoms with Crippen molar-refractivity contribution in [2.24, 2.45) is 13.0 Å². The third kappa shape index (κ3) is 2.42. The minimum atomic E-state index is 0.211. The molecule has 4 heteroatoms. The van der Waals surface area contributed by atoms with E-state index in [0.29, 0.717) is 0 Å². The Morgan fingerprint density at radius 2 is 2.44 bits per heavy atom. The molecule has 0 aromatic carbocycles. The molecule has 1 saturated heterocycles. The van der Waals surface area contributed by atoms with Gasteiger partial charge >= 0.3 is 0 Å². The average molecular weight is 218 g/mol. The van der Waals surface area contributed by atoms with E-state index in [1.807, 2.05) is 18.7 Å². The van der Waals surface area contributed by atoms with Gasteiger partial charge < -0.3 is 0 Å². The molecule has 0 amide bonds. The molecule has 1 unspecified atom stereocenters. The standard InChI is InChI=1S/C12H18N4/c1-10-6-12(15(2)14-10)9-16-5-3-4-11(7-13)8-16/h6,11H,3-5,8-9H2,1-2H3. The Morgan fingerprint density at radius 3 is 3.06 bits per heavy atom. The maximum atomic E-state index is 8.94. The molecule has 1 atom stereocenters. The fourth-order valence-corrected chi connectivity index (χ4v) is 2.35. The van der Waals surface area contributed by atoms with E-state index in [1.54, 1.807) is 0 Å². The van der Waals surface area contributed by atoms with Gasteiger partial charge in [-0.05, 0) is 32.4 Å². The van der Waals surface area contributed by atoms with Crippen LogP contribution >= 0.6 is 0 Å². The van der Waals surface area contributed by atoms with Gasteiger partial charge in [-0.2, -0.15) is 10.4 Å². The second kappa shape index (κ2) is 4.67. The Kier molecular flexibility index (Phi) is 3.25. The molecule has 2 heterocycles. The predicted molar refractivity (Wildman–Crippen MR) is 61.6 cm³/mol. The molecule has 1 aliphatic rings. The maximum Gasteiger partial charge on any atom is 0.0669 e. The Hall–Kier alpha value is -1.34. The van der Waals surface area contributed by atoms with Crippen LogP contribution in [-0.2, 0) is 13.6 Å². The lowest BCUT2D eigenvalue weighted by atomic mass is 10.00. The number of nitriles is 1. The zero-order chi connectivity index (χ0) is 11.5. The van der Waals surface area contributed by atoms with Gasteiger partial charge in [0.05, 0.1) is 23.4 Å². The summed E-state index contributed by atoms with van der Waals surface area (Å²) >= 11 is 0. The van der Waals surface area contributed by atoms with Crippen LogP contribution in [0.15, 0.2) is 6.07 Å². The van der Waals surface area contributed by atoms with Gasteiger partial charge in [-0.3, -0.25) is 9.58 Å². The first-order valence-electron chi connectivity index (χ1n) is 5.80. The smallest absolute Gasteiger partial charge is 0.0669 e. The molecule has 0 radical (unpaired) electrons. The lowest BCUT2D eigenvalue weighted by molar-refractivity contribution is 0.188. The summed E-state index contributed by atoms with van der Waals surface area (Å²) in [7, 11) is 1.98. The summed E-state index contributed by atoms with van der Waals surface area (Å²) in [5.74, 6) is 0.211. The number of likely N-dealkylation sites (tertiary alicyclic amines) is 1. The van der Waals surface area contributed by atoms with Gasteiger partial charge in [-0.25, -0.2) is 0 Å². The van der Waals surface area contributed by atoms with E-state index < -0.39 is 0 Å².